The minimum atomic E-state index is -0.780. The predicted octanol–water partition coefficient (Wildman–Crippen LogP) is 13.0. The molecular formula is C46H89NO5. The van der Waals surface area contributed by atoms with Crippen molar-refractivity contribution in [3.05, 3.63) is 12.2 Å². The molecule has 1 amide bonds. The summed E-state index contributed by atoms with van der Waals surface area (Å²) in [5, 5.41) is 23.6. The molecule has 6 heteroatoms. The summed E-state index contributed by atoms with van der Waals surface area (Å²) in [6.45, 7) is 6.41. The molecule has 52 heavy (non-hydrogen) atoms. The minimum absolute atomic E-state index is 0.0789. The number of ether oxygens (including phenoxy) is 1. The number of nitrogens with one attached hydrogen (secondary N) is 1. The molecule has 0 aliphatic rings. The molecule has 0 aliphatic heterocycles. The number of hydrogen-bond acceptors (Lipinski definition) is 5. The highest BCUT2D eigenvalue weighted by Crippen LogP contribution is 2.18. The zero-order valence-electron chi connectivity index (χ0n) is 35.0. The van der Waals surface area contributed by atoms with Crippen LogP contribution in [0.1, 0.15) is 245 Å². The molecule has 6 nitrogen and oxygen atoms in total. The number of rotatable bonds is 41. The van der Waals surface area contributed by atoms with Gasteiger partial charge < -0.3 is 20.3 Å². The van der Waals surface area contributed by atoms with Gasteiger partial charge in [-0.1, -0.05) is 200 Å². The number of unbranched alkanes of at least 4 members (excludes halogenated alkanes) is 27. The molecule has 3 atom stereocenters. The molecule has 0 fully saturated rings. The molecule has 3 N–H and O–H groups in total. The van der Waals surface area contributed by atoms with Gasteiger partial charge in [0.2, 0.25) is 5.91 Å². The molecule has 0 saturated carbocycles. The van der Waals surface area contributed by atoms with Crippen molar-refractivity contribution < 1.29 is 24.5 Å². The lowest BCUT2D eigenvalue weighted by atomic mass is 10.0. The molecule has 0 heterocycles. The molecule has 0 aromatic rings. The lowest BCUT2D eigenvalue weighted by Crippen LogP contribution is -2.46. The maximum atomic E-state index is 13.1. The lowest BCUT2D eigenvalue weighted by Gasteiger charge is -2.24. The van der Waals surface area contributed by atoms with E-state index in [-0.39, 0.29) is 24.9 Å². The quantitative estimate of drug-likeness (QED) is 0.0330. The minimum Gasteiger partial charge on any atom is -0.462 e. The Hall–Kier alpha value is -1.40. The van der Waals surface area contributed by atoms with Crippen LogP contribution in [0, 0.1) is 0 Å². The first-order chi connectivity index (χ1) is 25.5. The van der Waals surface area contributed by atoms with Crippen molar-refractivity contribution in [2.75, 3.05) is 6.61 Å². The van der Waals surface area contributed by atoms with Gasteiger partial charge in [-0.15, -0.1) is 0 Å². The molecule has 0 spiro atoms. The smallest absolute Gasteiger partial charge is 0.306 e. The number of amides is 1. The van der Waals surface area contributed by atoms with Gasteiger partial charge in [0, 0.05) is 6.42 Å². The van der Waals surface area contributed by atoms with Crippen LogP contribution in [0.4, 0.5) is 0 Å². The van der Waals surface area contributed by atoms with Gasteiger partial charge >= 0.3 is 5.97 Å². The summed E-state index contributed by atoms with van der Waals surface area (Å²) in [6.07, 6.45) is 42.8. The van der Waals surface area contributed by atoms with Crippen molar-refractivity contribution in [1.82, 2.24) is 5.32 Å². The van der Waals surface area contributed by atoms with Crippen LogP contribution in [0.5, 0.6) is 0 Å². The second-order valence-corrected chi connectivity index (χ2v) is 15.8. The first-order valence-electron chi connectivity index (χ1n) is 22.9. The van der Waals surface area contributed by atoms with Crippen LogP contribution in [0.3, 0.4) is 0 Å². The molecule has 0 aromatic heterocycles. The van der Waals surface area contributed by atoms with Gasteiger partial charge in [0.05, 0.1) is 25.2 Å². The fourth-order valence-electron chi connectivity index (χ4n) is 7.06. The average Bonchev–Trinajstić information content (AvgIpc) is 3.13. The normalized spacial score (nSPS) is 13.4. The highest BCUT2D eigenvalue weighted by atomic mass is 16.5. The van der Waals surface area contributed by atoms with Crippen molar-refractivity contribution in [1.29, 1.82) is 0 Å². The largest absolute Gasteiger partial charge is 0.462 e. The maximum Gasteiger partial charge on any atom is 0.306 e. The van der Waals surface area contributed by atoms with E-state index < -0.39 is 18.2 Å². The van der Waals surface area contributed by atoms with Crippen molar-refractivity contribution in [3.8, 4) is 0 Å². The monoisotopic (exact) mass is 736 g/mol. The predicted molar refractivity (Wildman–Crippen MR) is 223 cm³/mol. The van der Waals surface area contributed by atoms with Crippen LogP contribution in [-0.2, 0) is 14.3 Å². The molecule has 0 radical (unpaired) electrons. The Balaban J connectivity index is 4.38. The number of allylic oxidation sites excluding steroid dienone is 2. The molecule has 0 aromatic carbocycles. The van der Waals surface area contributed by atoms with Gasteiger partial charge in [0.25, 0.3) is 0 Å². The zero-order chi connectivity index (χ0) is 38.2. The van der Waals surface area contributed by atoms with E-state index in [0.717, 1.165) is 51.4 Å². The number of esters is 1. The highest BCUT2D eigenvalue weighted by Gasteiger charge is 2.24. The fourth-order valence-corrected chi connectivity index (χ4v) is 7.06. The van der Waals surface area contributed by atoms with Gasteiger partial charge in [-0.05, 0) is 44.9 Å². The van der Waals surface area contributed by atoms with E-state index in [1.54, 1.807) is 0 Å². The maximum absolute atomic E-state index is 13.1. The second kappa shape index (κ2) is 40.8. The third-order valence-corrected chi connectivity index (χ3v) is 10.6. The molecule has 3 unspecified atom stereocenters. The van der Waals surface area contributed by atoms with Gasteiger partial charge in [-0.25, -0.2) is 0 Å². The summed E-state index contributed by atoms with van der Waals surface area (Å²) in [4.78, 5) is 25.8. The molecule has 0 saturated heterocycles. The van der Waals surface area contributed by atoms with Crippen LogP contribution in [0.15, 0.2) is 12.2 Å². The van der Waals surface area contributed by atoms with Crippen LogP contribution >= 0.6 is 0 Å². The fraction of sp³-hybridized carbons (Fsp3) is 0.913. The Kier molecular flexibility index (Phi) is 39.7. The second-order valence-electron chi connectivity index (χ2n) is 15.8. The van der Waals surface area contributed by atoms with E-state index in [2.05, 4.69) is 38.2 Å². The van der Waals surface area contributed by atoms with Crippen LogP contribution in [-0.4, -0.2) is 46.9 Å². The Morgan fingerprint density at radius 1 is 0.538 bits per heavy atom. The summed E-state index contributed by atoms with van der Waals surface area (Å²) in [6, 6.07) is -0.694. The summed E-state index contributed by atoms with van der Waals surface area (Å²) in [5.41, 5.74) is 0. The summed E-state index contributed by atoms with van der Waals surface area (Å²) < 4.78 is 5.86. The first kappa shape index (κ1) is 50.6. The lowest BCUT2D eigenvalue weighted by molar-refractivity contribution is -0.151. The van der Waals surface area contributed by atoms with E-state index in [4.69, 9.17) is 4.74 Å². The highest BCUT2D eigenvalue weighted by molar-refractivity contribution is 5.77. The molecule has 308 valence electrons. The van der Waals surface area contributed by atoms with Crippen LogP contribution in [0.25, 0.3) is 0 Å². The Morgan fingerprint density at radius 3 is 1.42 bits per heavy atom. The van der Waals surface area contributed by atoms with Crippen LogP contribution < -0.4 is 5.32 Å². The first-order valence-corrected chi connectivity index (χ1v) is 22.9. The van der Waals surface area contributed by atoms with Crippen molar-refractivity contribution in [2.45, 2.75) is 264 Å². The number of carbonyl (C=O) groups excluding carboxylic acids is 2. The number of aliphatic hydroxyl groups is 2. The van der Waals surface area contributed by atoms with Crippen molar-refractivity contribution in [3.63, 3.8) is 0 Å². The molecule has 0 aliphatic carbocycles. The molecule has 0 bridgehead atoms. The van der Waals surface area contributed by atoms with Crippen molar-refractivity contribution in [2.24, 2.45) is 0 Å². The zero-order valence-corrected chi connectivity index (χ0v) is 35.0. The van der Waals surface area contributed by atoms with Gasteiger partial charge in [0.15, 0.2) is 0 Å². The summed E-state index contributed by atoms with van der Waals surface area (Å²) in [7, 11) is 0. The summed E-state index contributed by atoms with van der Waals surface area (Å²) in [5.74, 6) is -0.481. The Morgan fingerprint density at radius 2 is 0.942 bits per heavy atom. The van der Waals surface area contributed by atoms with Gasteiger partial charge in [-0.2, -0.15) is 0 Å². The SMILES string of the molecule is CCCC/C=C\CCCCCCCC(=O)OC(CCCCCCCCC)CC(=O)NC(CO)C(O)CCCCCCCCCCCCCCCCC. The van der Waals surface area contributed by atoms with E-state index >= 15 is 0 Å². The number of hydrogen-bond donors (Lipinski definition) is 3. The van der Waals surface area contributed by atoms with E-state index in [1.807, 2.05) is 0 Å². The number of aliphatic hydroxyl groups excluding tert-OH is 2. The third kappa shape index (κ3) is 35.6. The Labute approximate surface area is 323 Å². The molecular weight excluding hydrogens is 647 g/mol. The van der Waals surface area contributed by atoms with Crippen molar-refractivity contribution >= 4 is 11.9 Å². The Bertz CT molecular complexity index is 787. The summed E-state index contributed by atoms with van der Waals surface area (Å²) >= 11 is 0. The van der Waals surface area contributed by atoms with E-state index in [1.165, 1.54) is 148 Å². The number of carbonyl (C=O) groups is 2. The topological polar surface area (TPSA) is 95.9 Å². The molecule has 0 rings (SSSR count). The van der Waals surface area contributed by atoms with E-state index in [0.29, 0.717) is 19.3 Å². The standard InChI is InChI=1S/C46H89NO5/c1-4-7-10-13-16-18-20-21-22-23-25-26-29-32-35-38-44(49)43(41-48)47-45(50)40-42(37-34-31-28-15-12-9-6-3)52-46(51)39-36-33-30-27-24-19-17-14-11-8-5-2/h14,17,42-44,48-49H,4-13,15-16,18-41H2,1-3H3,(H,47,50)/b17-14-. The van der Waals surface area contributed by atoms with Gasteiger partial charge in [-0.3, -0.25) is 9.59 Å². The van der Waals surface area contributed by atoms with Gasteiger partial charge in [0.1, 0.15) is 6.10 Å². The average molecular weight is 736 g/mol. The third-order valence-electron chi connectivity index (χ3n) is 10.6. The van der Waals surface area contributed by atoms with Crippen LogP contribution in [0.2, 0.25) is 0 Å². The van der Waals surface area contributed by atoms with E-state index in [9.17, 15) is 19.8 Å².